The molecule has 1 aliphatic heterocycles. The van der Waals surface area contributed by atoms with E-state index in [1.54, 1.807) is 30.0 Å². The van der Waals surface area contributed by atoms with Crippen molar-refractivity contribution in [2.75, 3.05) is 27.2 Å². The summed E-state index contributed by atoms with van der Waals surface area (Å²) >= 11 is 0. The van der Waals surface area contributed by atoms with E-state index in [9.17, 15) is 9.59 Å². The molecule has 1 aliphatic rings. The Hall–Kier alpha value is -1.78. The van der Waals surface area contributed by atoms with Crippen LogP contribution in [-0.2, 0) is 4.79 Å². The van der Waals surface area contributed by atoms with Gasteiger partial charge in [-0.1, -0.05) is 0 Å². The molecule has 1 atom stereocenters. The highest BCUT2D eigenvalue weighted by molar-refractivity contribution is 5.94. The van der Waals surface area contributed by atoms with Crippen LogP contribution in [0, 0.1) is 5.92 Å². The third-order valence-corrected chi connectivity index (χ3v) is 3.27. The minimum absolute atomic E-state index is 0.0555. The first-order valence-electron chi connectivity index (χ1n) is 6.12. The van der Waals surface area contributed by atoms with Gasteiger partial charge in [0.1, 0.15) is 6.26 Å². The van der Waals surface area contributed by atoms with Crippen LogP contribution in [0.1, 0.15) is 23.2 Å². The molecule has 1 aromatic heterocycles. The smallest absolute Gasteiger partial charge is 0.257 e. The van der Waals surface area contributed by atoms with Crippen molar-refractivity contribution in [2.45, 2.75) is 12.8 Å². The van der Waals surface area contributed by atoms with Crippen LogP contribution in [0.25, 0.3) is 0 Å². The molecule has 0 aliphatic carbocycles. The second-order valence-electron chi connectivity index (χ2n) is 4.84. The molecule has 2 heterocycles. The lowest BCUT2D eigenvalue weighted by Gasteiger charge is -2.33. The number of carbonyl (C=O) groups excluding carboxylic acids is 2. The van der Waals surface area contributed by atoms with Crippen LogP contribution in [-0.4, -0.2) is 48.8 Å². The van der Waals surface area contributed by atoms with Gasteiger partial charge in [0.05, 0.1) is 17.7 Å². The highest BCUT2D eigenvalue weighted by Crippen LogP contribution is 2.20. The minimum Gasteiger partial charge on any atom is -0.472 e. The lowest BCUT2D eigenvalue weighted by atomic mass is 9.96. The Labute approximate surface area is 106 Å². The van der Waals surface area contributed by atoms with E-state index in [1.807, 2.05) is 0 Å². The molecule has 1 saturated heterocycles. The normalized spacial score (nSPS) is 19.7. The molecule has 0 aromatic carbocycles. The van der Waals surface area contributed by atoms with Crippen molar-refractivity contribution in [1.29, 1.82) is 0 Å². The number of carbonyl (C=O) groups is 2. The number of piperidine rings is 1. The van der Waals surface area contributed by atoms with Crippen LogP contribution in [0.4, 0.5) is 0 Å². The van der Waals surface area contributed by atoms with Crippen molar-refractivity contribution in [3.8, 4) is 0 Å². The van der Waals surface area contributed by atoms with Crippen LogP contribution < -0.4 is 0 Å². The van der Waals surface area contributed by atoms with E-state index in [0.717, 1.165) is 12.8 Å². The van der Waals surface area contributed by atoms with Crippen molar-refractivity contribution >= 4 is 11.8 Å². The van der Waals surface area contributed by atoms with E-state index in [0.29, 0.717) is 18.7 Å². The highest BCUT2D eigenvalue weighted by atomic mass is 16.3. The Morgan fingerprint density at radius 3 is 2.83 bits per heavy atom. The molecule has 5 nitrogen and oxygen atoms in total. The largest absolute Gasteiger partial charge is 0.472 e. The van der Waals surface area contributed by atoms with Crippen molar-refractivity contribution in [3.63, 3.8) is 0 Å². The molecule has 0 N–H and O–H groups in total. The summed E-state index contributed by atoms with van der Waals surface area (Å²) in [6, 6.07) is 1.65. The Bertz CT molecular complexity index is 425. The maximum atomic E-state index is 12.1. The van der Waals surface area contributed by atoms with Crippen LogP contribution in [0.5, 0.6) is 0 Å². The van der Waals surface area contributed by atoms with E-state index < -0.39 is 0 Å². The van der Waals surface area contributed by atoms with E-state index in [4.69, 9.17) is 4.42 Å². The van der Waals surface area contributed by atoms with Crippen molar-refractivity contribution < 1.29 is 14.0 Å². The van der Waals surface area contributed by atoms with Gasteiger partial charge < -0.3 is 14.2 Å². The first-order chi connectivity index (χ1) is 8.59. The summed E-state index contributed by atoms with van der Waals surface area (Å²) in [6.07, 6.45) is 4.65. The molecule has 0 spiro atoms. The van der Waals surface area contributed by atoms with Crippen LogP contribution >= 0.6 is 0 Å². The van der Waals surface area contributed by atoms with Gasteiger partial charge in [-0.25, -0.2) is 0 Å². The zero-order valence-corrected chi connectivity index (χ0v) is 10.8. The highest BCUT2D eigenvalue weighted by Gasteiger charge is 2.29. The van der Waals surface area contributed by atoms with Crippen molar-refractivity contribution in [1.82, 2.24) is 9.80 Å². The van der Waals surface area contributed by atoms with Gasteiger partial charge in [0.2, 0.25) is 5.91 Å². The van der Waals surface area contributed by atoms with Gasteiger partial charge in [-0.15, -0.1) is 0 Å². The maximum absolute atomic E-state index is 12.1. The van der Waals surface area contributed by atoms with Gasteiger partial charge in [0.15, 0.2) is 0 Å². The third kappa shape index (κ3) is 2.55. The average molecular weight is 250 g/mol. The second-order valence-corrected chi connectivity index (χ2v) is 4.84. The molecule has 1 aromatic rings. The van der Waals surface area contributed by atoms with E-state index >= 15 is 0 Å². The first-order valence-corrected chi connectivity index (χ1v) is 6.12. The van der Waals surface area contributed by atoms with Crippen molar-refractivity contribution in [3.05, 3.63) is 24.2 Å². The number of furan rings is 1. The molecule has 2 rings (SSSR count). The van der Waals surface area contributed by atoms with Crippen LogP contribution in [0.3, 0.4) is 0 Å². The number of nitrogens with zero attached hydrogens (tertiary/aromatic N) is 2. The Balaban J connectivity index is 2.03. The number of likely N-dealkylation sites (tertiary alicyclic amines) is 1. The van der Waals surface area contributed by atoms with Crippen LogP contribution in [0.2, 0.25) is 0 Å². The van der Waals surface area contributed by atoms with Gasteiger partial charge in [-0.05, 0) is 18.9 Å². The Morgan fingerprint density at radius 2 is 2.22 bits per heavy atom. The molecule has 0 saturated carbocycles. The lowest BCUT2D eigenvalue weighted by molar-refractivity contribution is -0.134. The first kappa shape index (κ1) is 12.7. The minimum atomic E-state index is -0.0791. The number of rotatable bonds is 2. The molecule has 18 heavy (non-hydrogen) atoms. The van der Waals surface area contributed by atoms with Crippen LogP contribution in [0.15, 0.2) is 23.0 Å². The standard InChI is InChI=1S/C13H18N2O3/c1-14(2)12(16)10-4-3-6-15(8-10)13(17)11-5-7-18-9-11/h5,7,9-10H,3-4,6,8H2,1-2H3. The molecule has 1 unspecified atom stereocenters. The van der Waals surface area contributed by atoms with Gasteiger partial charge in [0.25, 0.3) is 5.91 Å². The Morgan fingerprint density at radius 1 is 1.44 bits per heavy atom. The zero-order chi connectivity index (χ0) is 13.1. The molecule has 1 fully saturated rings. The number of hydrogen-bond donors (Lipinski definition) is 0. The summed E-state index contributed by atoms with van der Waals surface area (Å²) in [7, 11) is 3.50. The predicted octanol–water partition coefficient (Wildman–Crippen LogP) is 1.22. The molecule has 5 heteroatoms. The average Bonchev–Trinajstić information content (AvgIpc) is 2.91. The van der Waals surface area contributed by atoms with Gasteiger partial charge in [-0.2, -0.15) is 0 Å². The van der Waals surface area contributed by atoms with E-state index in [2.05, 4.69) is 0 Å². The second kappa shape index (κ2) is 5.25. The third-order valence-electron chi connectivity index (χ3n) is 3.27. The SMILES string of the molecule is CN(C)C(=O)C1CCCN(C(=O)c2ccoc2)C1. The van der Waals surface area contributed by atoms with Gasteiger partial charge in [0, 0.05) is 27.2 Å². The summed E-state index contributed by atoms with van der Waals surface area (Å²) in [4.78, 5) is 27.4. The molecule has 0 radical (unpaired) electrons. The topological polar surface area (TPSA) is 53.8 Å². The van der Waals surface area contributed by atoms with Crippen molar-refractivity contribution in [2.24, 2.45) is 5.92 Å². The fourth-order valence-electron chi connectivity index (χ4n) is 2.30. The summed E-state index contributed by atoms with van der Waals surface area (Å²) in [5.41, 5.74) is 0.549. The molecular formula is C13H18N2O3. The van der Waals surface area contributed by atoms with E-state index in [1.165, 1.54) is 12.5 Å². The summed E-state index contributed by atoms with van der Waals surface area (Å²) in [5.74, 6) is -0.0377. The summed E-state index contributed by atoms with van der Waals surface area (Å²) in [5, 5.41) is 0. The van der Waals surface area contributed by atoms with Gasteiger partial charge in [-0.3, -0.25) is 9.59 Å². The van der Waals surface area contributed by atoms with E-state index in [-0.39, 0.29) is 17.7 Å². The maximum Gasteiger partial charge on any atom is 0.257 e. The monoisotopic (exact) mass is 250 g/mol. The molecule has 98 valence electrons. The number of hydrogen-bond acceptors (Lipinski definition) is 3. The fraction of sp³-hybridized carbons (Fsp3) is 0.538. The zero-order valence-electron chi connectivity index (χ0n) is 10.8. The number of amides is 2. The summed E-state index contributed by atoms with van der Waals surface area (Å²) < 4.78 is 4.92. The molecule has 2 amide bonds. The molecular weight excluding hydrogens is 232 g/mol. The van der Waals surface area contributed by atoms with Gasteiger partial charge >= 0.3 is 0 Å². The lowest BCUT2D eigenvalue weighted by Crippen LogP contribution is -2.45. The fourth-order valence-corrected chi connectivity index (χ4v) is 2.30. The Kier molecular flexibility index (Phi) is 3.69. The summed E-state index contributed by atoms with van der Waals surface area (Å²) in [6.45, 7) is 1.21. The quantitative estimate of drug-likeness (QED) is 0.793. The predicted molar refractivity (Wildman–Crippen MR) is 66.0 cm³/mol. The molecule has 0 bridgehead atoms.